The Hall–Kier alpha value is -3.59. The molecule has 0 saturated carbocycles. The van der Waals surface area contributed by atoms with E-state index >= 15 is 0 Å². The zero-order valence-electron chi connectivity index (χ0n) is 14.9. The molecule has 0 aliphatic carbocycles. The first-order valence-corrected chi connectivity index (χ1v) is 8.65. The average Bonchev–Trinajstić information content (AvgIpc) is 3.07. The van der Waals surface area contributed by atoms with Gasteiger partial charge in [0.05, 0.1) is 18.2 Å². The van der Waals surface area contributed by atoms with E-state index in [-0.39, 0.29) is 30.8 Å². The van der Waals surface area contributed by atoms with Crippen molar-refractivity contribution in [3.8, 4) is 6.07 Å². The van der Waals surface area contributed by atoms with Gasteiger partial charge in [-0.2, -0.15) is 5.26 Å². The van der Waals surface area contributed by atoms with Gasteiger partial charge >= 0.3 is 6.09 Å². The number of hydrogen-bond acceptors (Lipinski definition) is 4. The van der Waals surface area contributed by atoms with Gasteiger partial charge in [-0.15, -0.1) is 0 Å². The molecule has 2 aromatic carbocycles. The van der Waals surface area contributed by atoms with Crippen molar-refractivity contribution in [3.05, 3.63) is 83.2 Å². The van der Waals surface area contributed by atoms with E-state index in [1.165, 1.54) is 4.90 Å². The summed E-state index contributed by atoms with van der Waals surface area (Å²) in [5.74, 6) is -0.535. The van der Waals surface area contributed by atoms with Crippen LogP contribution in [0, 0.1) is 11.3 Å². The lowest BCUT2D eigenvalue weighted by molar-refractivity contribution is 0.0940. The van der Waals surface area contributed by atoms with E-state index in [2.05, 4.69) is 11.4 Å². The Morgan fingerprint density at radius 2 is 1.78 bits per heavy atom. The maximum absolute atomic E-state index is 12.6. The molecule has 1 atom stereocenters. The molecular formula is C21H19N3O3. The van der Waals surface area contributed by atoms with Gasteiger partial charge in [0.15, 0.2) is 0 Å². The minimum absolute atomic E-state index is 0.179. The number of benzene rings is 2. The van der Waals surface area contributed by atoms with E-state index in [9.17, 15) is 14.9 Å². The molecule has 0 radical (unpaired) electrons. The second-order valence-corrected chi connectivity index (χ2v) is 5.97. The predicted octanol–water partition coefficient (Wildman–Crippen LogP) is 3.41. The highest BCUT2D eigenvalue weighted by Gasteiger charge is 2.38. The first-order valence-electron chi connectivity index (χ1n) is 8.65. The first kappa shape index (κ1) is 18.2. The van der Waals surface area contributed by atoms with Gasteiger partial charge in [0.1, 0.15) is 5.82 Å². The molecule has 0 fully saturated rings. The molecule has 1 aliphatic heterocycles. The maximum atomic E-state index is 12.6. The molecule has 6 heteroatoms. The summed E-state index contributed by atoms with van der Waals surface area (Å²) in [4.78, 5) is 26.3. The lowest BCUT2D eigenvalue weighted by Gasteiger charge is -2.20. The third kappa shape index (κ3) is 3.82. The van der Waals surface area contributed by atoms with Crippen molar-refractivity contribution in [3.63, 3.8) is 0 Å². The van der Waals surface area contributed by atoms with Crippen LogP contribution in [0.15, 0.2) is 72.1 Å². The molecule has 0 spiro atoms. The Labute approximate surface area is 157 Å². The summed E-state index contributed by atoms with van der Waals surface area (Å²) < 4.78 is 5.11. The number of carbonyl (C=O) groups is 2. The normalized spacial score (nSPS) is 16.0. The number of nitriles is 1. The van der Waals surface area contributed by atoms with Crippen molar-refractivity contribution in [2.45, 2.75) is 12.8 Å². The van der Waals surface area contributed by atoms with E-state index in [1.807, 2.05) is 36.4 Å². The van der Waals surface area contributed by atoms with Crippen LogP contribution in [0.5, 0.6) is 0 Å². The highest BCUT2D eigenvalue weighted by atomic mass is 16.6. The molecule has 0 bridgehead atoms. The van der Waals surface area contributed by atoms with Gasteiger partial charge in [-0.05, 0) is 24.6 Å². The molecule has 136 valence electrons. The van der Waals surface area contributed by atoms with Gasteiger partial charge < -0.3 is 10.1 Å². The second-order valence-electron chi connectivity index (χ2n) is 5.97. The van der Waals surface area contributed by atoms with E-state index < -0.39 is 6.09 Å². The standard InChI is InChI=1S/C21H19N3O3/c1-2-27-21(26)24-14-18(15-9-5-3-6-10-15)17(13-22)19(24)23-20(25)16-11-7-4-8-12-16/h3-12,18H,2,14H2,1H3,(H,23,25). The van der Waals surface area contributed by atoms with Gasteiger partial charge in [0, 0.05) is 18.0 Å². The lowest BCUT2D eigenvalue weighted by Crippen LogP contribution is -2.37. The molecule has 2 aromatic rings. The summed E-state index contributed by atoms with van der Waals surface area (Å²) in [6.45, 7) is 2.14. The van der Waals surface area contributed by atoms with Gasteiger partial charge in [-0.25, -0.2) is 4.79 Å². The monoisotopic (exact) mass is 361 g/mol. The van der Waals surface area contributed by atoms with Crippen LogP contribution >= 0.6 is 0 Å². The molecule has 0 aromatic heterocycles. The first-order chi connectivity index (χ1) is 13.2. The third-order valence-corrected chi connectivity index (χ3v) is 4.32. The Balaban J connectivity index is 1.98. The van der Waals surface area contributed by atoms with Gasteiger partial charge in [0.2, 0.25) is 0 Å². The van der Waals surface area contributed by atoms with Gasteiger partial charge in [-0.3, -0.25) is 9.69 Å². The molecule has 1 aliphatic rings. The molecule has 1 heterocycles. The quantitative estimate of drug-likeness (QED) is 0.905. The van der Waals surface area contributed by atoms with Crippen molar-refractivity contribution in [1.82, 2.24) is 10.2 Å². The summed E-state index contributed by atoms with van der Waals surface area (Å²) in [5, 5.41) is 12.5. The minimum atomic E-state index is -0.591. The number of amides is 2. The SMILES string of the molecule is CCOC(=O)N1CC(c2ccccc2)C(C#N)=C1NC(=O)c1ccccc1. The van der Waals surface area contributed by atoms with Crippen LogP contribution in [0.4, 0.5) is 4.79 Å². The predicted molar refractivity (Wildman–Crippen MR) is 99.5 cm³/mol. The molecule has 1 unspecified atom stereocenters. The number of nitrogens with one attached hydrogen (secondary N) is 1. The summed E-state index contributed by atoms with van der Waals surface area (Å²) in [7, 11) is 0. The second kappa shape index (κ2) is 8.19. The number of nitrogens with zero attached hydrogens (tertiary/aromatic N) is 2. The Morgan fingerprint density at radius 1 is 1.15 bits per heavy atom. The van der Waals surface area contributed by atoms with Crippen LogP contribution in [0.3, 0.4) is 0 Å². The van der Waals surface area contributed by atoms with E-state index in [1.54, 1.807) is 31.2 Å². The molecular weight excluding hydrogens is 342 g/mol. The third-order valence-electron chi connectivity index (χ3n) is 4.32. The van der Waals surface area contributed by atoms with Crippen LogP contribution in [0.2, 0.25) is 0 Å². The molecule has 2 amide bonds. The molecule has 6 nitrogen and oxygen atoms in total. The Morgan fingerprint density at radius 3 is 2.37 bits per heavy atom. The highest BCUT2D eigenvalue weighted by Crippen LogP contribution is 2.35. The molecule has 1 N–H and O–H groups in total. The molecule has 0 saturated heterocycles. The highest BCUT2D eigenvalue weighted by molar-refractivity contribution is 5.96. The van der Waals surface area contributed by atoms with Gasteiger partial charge in [-0.1, -0.05) is 48.5 Å². The topological polar surface area (TPSA) is 82.4 Å². The summed E-state index contributed by atoms with van der Waals surface area (Å²) in [5.41, 5.74) is 1.67. The largest absolute Gasteiger partial charge is 0.449 e. The number of rotatable bonds is 4. The fourth-order valence-electron chi connectivity index (χ4n) is 3.04. The lowest BCUT2D eigenvalue weighted by atomic mass is 9.94. The summed E-state index contributed by atoms with van der Waals surface area (Å²) in [6.07, 6.45) is -0.591. The number of ether oxygens (including phenoxy) is 1. The van der Waals surface area contributed by atoms with Crippen molar-refractivity contribution in [1.29, 1.82) is 5.26 Å². The Kier molecular flexibility index (Phi) is 5.53. The zero-order chi connectivity index (χ0) is 19.2. The summed E-state index contributed by atoms with van der Waals surface area (Å²) in [6, 6.07) is 20.2. The van der Waals surface area contributed by atoms with E-state index in [0.717, 1.165) is 5.56 Å². The minimum Gasteiger partial charge on any atom is -0.449 e. The van der Waals surface area contributed by atoms with Gasteiger partial charge in [0.25, 0.3) is 5.91 Å². The molecule has 3 rings (SSSR count). The number of hydrogen-bond donors (Lipinski definition) is 1. The van der Waals surface area contributed by atoms with E-state index in [0.29, 0.717) is 11.1 Å². The van der Waals surface area contributed by atoms with Crippen LogP contribution in [0.1, 0.15) is 28.8 Å². The van der Waals surface area contributed by atoms with E-state index in [4.69, 9.17) is 4.74 Å². The van der Waals surface area contributed by atoms with Crippen molar-refractivity contribution < 1.29 is 14.3 Å². The van der Waals surface area contributed by atoms with Crippen LogP contribution in [0.25, 0.3) is 0 Å². The van der Waals surface area contributed by atoms with Crippen molar-refractivity contribution in [2.24, 2.45) is 0 Å². The fraction of sp³-hybridized carbons (Fsp3) is 0.190. The van der Waals surface area contributed by atoms with Crippen molar-refractivity contribution in [2.75, 3.05) is 13.2 Å². The van der Waals surface area contributed by atoms with Crippen LogP contribution in [-0.4, -0.2) is 30.1 Å². The fourth-order valence-corrected chi connectivity index (χ4v) is 3.04. The average molecular weight is 361 g/mol. The van der Waals surface area contributed by atoms with Crippen LogP contribution < -0.4 is 5.32 Å². The van der Waals surface area contributed by atoms with Crippen molar-refractivity contribution >= 4 is 12.0 Å². The number of carbonyl (C=O) groups excluding carboxylic acids is 2. The van der Waals surface area contributed by atoms with Crippen LogP contribution in [-0.2, 0) is 4.74 Å². The maximum Gasteiger partial charge on any atom is 0.415 e. The molecule has 27 heavy (non-hydrogen) atoms. The summed E-state index contributed by atoms with van der Waals surface area (Å²) >= 11 is 0. The smallest absolute Gasteiger partial charge is 0.415 e. The Bertz CT molecular complexity index is 901. The zero-order valence-corrected chi connectivity index (χ0v) is 14.9.